The topological polar surface area (TPSA) is 66.5 Å². The minimum atomic E-state index is -3.61. The lowest BCUT2D eigenvalue weighted by molar-refractivity contribution is -0.120. The van der Waals surface area contributed by atoms with E-state index in [-0.39, 0.29) is 18.5 Å². The predicted molar refractivity (Wildman–Crippen MR) is 109 cm³/mol. The Kier molecular flexibility index (Phi) is 6.47. The van der Waals surface area contributed by atoms with Crippen LogP contribution in [0.3, 0.4) is 0 Å². The molecule has 0 fully saturated rings. The molecule has 26 heavy (non-hydrogen) atoms. The van der Waals surface area contributed by atoms with Crippen molar-refractivity contribution in [1.29, 1.82) is 0 Å². The van der Waals surface area contributed by atoms with Crippen molar-refractivity contribution in [2.75, 3.05) is 17.1 Å². The van der Waals surface area contributed by atoms with Gasteiger partial charge >= 0.3 is 0 Å². The normalized spacial score (nSPS) is 12.5. The van der Waals surface area contributed by atoms with Crippen molar-refractivity contribution in [2.45, 2.75) is 26.8 Å². The maximum atomic E-state index is 12.5. The quantitative estimate of drug-likeness (QED) is 0.747. The van der Waals surface area contributed by atoms with Gasteiger partial charge in [0, 0.05) is 4.47 Å². The molecule has 1 unspecified atom stereocenters. The number of nitrogens with zero attached hydrogens (tertiary/aromatic N) is 1. The standard InChI is InChI=1S/C19H23BrN2O3S/c1-13-9-10-16(11-14(13)2)15(3)21-19(23)12-22(26(4,24)25)18-8-6-5-7-17(18)20/h5-11,15H,12H2,1-4H3,(H,21,23). The molecule has 140 valence electrons. The molecular weight excluding hydrogens is 416 g/mol. The van der Waals surface area contributed by atoms with Gasteiger partial charge in [-0.2, -0.15) is 0 Å². The summed E-state index contributed by atoms with van der Waals surface area (Å²) < 4.78 is 26.1. The van der Waals surface area contributed by atoms with Crippen LogP contribution in [-0.2, 0) is 14.8 Å². The van der Waals surface area contributed by atoms with E-state index in [1.807, 2.05) is 39.0 Å². The number of amides is 1. The van der Waals surface area contributed by atoms with Crippen LogP contribution in [0.4, 0.5) is 5.69 Å². The predicted octanol–water partition coefficient (Wildman–Crippen LogP) is 3.71. The van der Waals surface area contributed by atoms with Crippen molar-refractivity contribution in [1.82, 2.24) is 5.32 Å². The summed E-state index contributed by atoms with van der Waals surface area (Å²) in [4.78, 5) is 12.5. The zero-order valence-corrected chi connectivity index (χ0v) is 17.7. The lowest BCUT2D eigenvalue weighted by Gasteiger charge is -2.24. The van der Waals surface area contributed by atoms with Crippen LogP contribution >= 0.6 is 15.9 Å². The first-order chi connectivity index (χ1) is 12.1. The first-order valence-corrected chi connectivity index (χ1v) is 10.8. The third kappa shape index (κ3) is 5.08. The van der Waals surface area contributed by atoms with Crippen molar-refractivity contribution in [3.8, 4) is 0 Å². The Hall–Kier alpha value is -1.86. The number of nitrogens with one attached hydrogen (secondary N) is 1. The first-order valence-electron chi connectivity index (χ1n) is 8.18. The van der Waals surface area contributed by atoms with Gasteiger partial charge in [-0.3, -0.25) is 9.10 Å². The first kappa shape index (κ1) is 20.5. The number of carbonyl (C=O) groups is 1. The Morgan fingerprint density at radius 2 is 1.81 bits per heavy atom. The molecule has 7 heteroatoms. The molecule has 0 bridgehead atoms. The van der Waals surface area contributed by atoms with Crippen LogP contribution in [0.5, 0.6) is 0 Å². The van der Waals surface area contributed by atoms with Crippen LogP contribution < -0.4 is 9.62 Å². The van der Waals surface area contributed by atoms with E-state index in [9.17, 15) is 13.2 Å². The van der Waals surface area contributed by atoms with Crippen molar-refractivity contribution in [2.24, 2.45) is 0 Å². The maximum absolute atomic E-state index is 12.5. The monoisotopic (exact) mass is 438 g/mol. The van der Waals surface area contributed by atoms with Crippen molar-refractivity contribution in [3.05, 3.63) is 63.6 Å². The summed E-state index contributed by atoms with van der Waals surface area (Å²) in [6.45, 7) is 5.65. The Morgan fingerprint density at radius 1 is 1.15 bits per heavy atom. The Morgan fingerprint density at radius 3 is 2.38 bits per heavy atom. The average molecular weight is 439 g/mol. The highest BCUT2D eigenvalue weighted by molar-refractivity contribution is 9.10. The second-order valence-electron chi connectivity index (χ2n) is 6.35. The molecule has 0 spiro atoms. The Balaban J connectivity index is 2.17. The summed E-state index contributed by atoms with van der Waals surface area (Å²) in [5.74, 6) is -0.364. The summed E-state index contributed by atoms with van der Waals surface area (Å²) in [5, 5.41) is 2.87. The number of rotatable bonds is 6. The molecular formula is C19H23BrN2O3S. The molecule has 0 aliphatic heterocycles. The Labute approximate surface area is 163 Å². The molecule has 0 aromatic heterocycles. The number of carbonyl (C=O) groups excluding carboxylic acids is 1. The van der Waals surface area contributed by atoms with Crippen LogP contribution in [0.15, 0.2) is 46.9 Å². The highest BCUT2D eigenvalue weighted by Crippen LogP contribution is 2.27. The van der Waals surface area contributed by atoms with Gasteiger partial charge in [0.25, 0.3) is 0 Å². The number of benzene rings is 2. The number of halogens is 1. The molecule has 5 nitrogen and oxygen atoms in total. The van der Waals surface area contributed by atoms with Gasteiger partial charge in [-0.25, -0.2) is 8.42 Å². The SMILES string of the molecule is Cc1ccc(C(C)NC(=O)CN(c2ccccc2Br)S(C)(=O)=O)cc1C. The molecule has 2 aromatic carbocycles. The van der Waals surface area contributed by atoms with E-state index in [1.165, 1.54) is 5.56 Å². The van der Waals surface area contributed by atoms with Gasteiger partial charge in [0.2, 0.25) is 15.9 Å². The number of hydrogen-bond acceptors (Lipinski definition) is 3. The van der Waals surface area contributed by atoms with Gasteiger partial charge in [-0.1, -0.05) is 30.3 Å². The fourth-order valence-electron chi connectivity index (χ4n) is 2.57. The van der Waals surface area contributed by atoms with Crippen molar-refractivity contribution < 1.29 is 13.2 Å². The third-order valence-corrected chi connectivity index (χ3v) is 6.01. The number of anilines is 1. The average Bonchev–Trinajstić information content (AvgIpc) is 2.55. The van der Waals surface area contributed by atoms with Gasteiger partial charge < -0.3 is 5.32 Å². The highest BCUT2D eigenvalue weighted by Gasteiger charge is 2.23. The van der Waals surface area contributed by atoms with E-state index < -0.39 is 10.0 Å². The Bertz CT molecular complexity index is 913. The largest absolute Gasteiger partial charge is 0.348 e. The third-order valence-electron chi connectivity index (χ3n) is 4.22. The summed E-state index contributed by atoms with van der Waals surface area (Å²) in [7, 11) is -3.61. The fourth-order valence-corrected chi connectivity index (χ4v) is 4.05. The lowest BCUT2D eigenvalue weighted by Crippen LogP contribution is -2.41. The molecule has 2 aromatic rings. The van der Waals surface area contributed by atoms with Gasteiger partial charge in [0.1, 0.15) is 6.54 Å². The van der Waals surface area contributed by atoms with Crippen LogP contribution in [0.1, 0.15) is 29.7 Å². The molecule has 0 radical (unpaired) electrons. The molecule has 0 saturated heterocycles. The van der Waals surface area contributed by atoms with Crippen LogP contribution in [0.25, 0.3) is 0 Å². The minimum Gasteiger partial charge on any atom is -0.348 e. The molecule has 0 aliphatic carbocycles. The van der Waals surface area contributed by atoms with Crippen molar-refractivity contribution in [3.63, 3.8) is 0 Å². The van der Waals surface area contributed by atoms with E-state index in [0.717, 1.165) is 21.7 Å². The summed E-state index contributed by atoms with van der Waals surface area (Å²) in [6, 6.07) is 12.7. The number of hydrogen-bond donors (Lipinski definition) is 1. The van der Waals surface area contributed by atoms with Crippen molar-refractivity contribution >= 4 is 37.5 Å². The van der Waals surface area contributed by atoms with E-state index in [1.54, 1.807) is 24.3 Å². The second-order valence-corrected chi connectivity index (χ2v) is 9.12. The second kappa shape index (κ2) is 8.22. The lowest BCUT2D eigenvalue weighted by atomic mass is 10.0. The summed E-state index contributed by atoms with van der Waals surface area (Å²) in [6.07, 6.45) is 1.09. The summed E-state index contributed by atoms with van der Waals surface area (Å²) in [5.41, 5.74) is 3.75. The van der Waals surface area contributed by atoms with E-state index in [0.29, 0.717) is 10.2 Å². The van der Waals surface area contributed by atoms with Gasteiger partial charge in [0.15, 0.2) is 0 Å². The van der Waals surface area contributed by atoms with Crippen LogP contribution in [0.2, 0.25) is 0 Å². The molecule has 1 N–H and O–H groups in total. The zero-order chi connectivity index (χ0) is 19.5. The molecule has 0 saturated carbocycles. The smallest absolute Gasteiger partial charge is 0.241 e. The highest BCUT2D eigenvalue weighted by atomic mass is 79.9. The minimum absolute atomic E-state index is 0.220. The molecule has 2 rings (SSSR count). The fraction of sp³-hybridized carbons (Fsp3) is 0.316. The van der Waals surface area contributed by atoms with E-state index in [4.69, 9.17) is 0 Å². The zero-order valence-electron chi connectivity index (χ0n) is 15.3. The van der Waals surface area contributed by atoms with Gasteiger partial charge in [-0.15, -0.1) is 0 Å². The number of sulfonamides is 1. The molecule has 1 atom stereocenters. The summed E-state index contributed by atoms with van der Waals surface area (Å²) >= 11 is 3.34. The van der Waals surface area contributed by atoms with Crippen LogP contribution in [0, 0.1) is 13.8 Å². The molecule has 0 heterocycles. The van der Waals surface area contributed by atoms with Gasteiger partial charge in [-0.05, 0) is 65.5 Å². The maximum Gasteiger partial charge on any atom is 0.241 e. The van der Waals surface area contributed by atoms with Crippen LogP contribution in [-0.4, -0.2) is 27.1 Å². The number of para-hydroxylation sites is 1. The van der Waals surface area contributed by atoms with Gasteiger partial charge in [0.05, 0.1) is 18.0 Å². The molecule has 1 amide bonds. The number of aryl methyl sites for hydroxylation is 2. The van der Waals surface area contributed by atoms with E-state index in [2.05, 4.69) is 21.2 Å². The molecule has 0 aliphatic rings. The van der Waals surface area contributed by atoms with E-state index >= 15 is 0 Å².